The minimum absolute atomic E-state index is 0.0403. The molecule has 0 aliphatic heterocycles. The van der Waals surface area contributed by atoms with Gasteiger partial charge in [0, 0.05) is 18.5 Å². The van der Waals surface area contributed by atoms with E-state index in [9.17, 15) is 9.18 Å². The van der Waals surface area contributed by atoms with Crippen molar-refractivity contribution in [3.8, 4) is 5.82 Å². The number of hydrogen-bond donors (Lipinski definition) is 1. The number of amides is 1. The van der Waals surface area contributed by atoms with Crippen LogP contribution < -0.4 is 5.32 Å². The third-order valence-electron chi connectivity index (χ3n) is 3.09. The number of benzene rings is 1. The maximum Gasteiger partial charge on any atom is 0.259 e. The normalized spacial score (nSPS) is 10.5. The lowest BCUT2D eigenvalue weighted by Gasteiger charge is -2.08. The number of hydrogen-bond acceptors (Lipinski definition) is 4. The van der Waals surface area contributed by atoms with Crippen LogP contribution in [0.5, 0.6) is 0 Å². The molecule has 1 amide bonds. The summed E-state index contributed by atoms with van der Waals surface area (Å²) < 4.78 is 15.3. The molecule has 0 unspecified atom stereocenters. The van der Waals surface area contributed by atoms with Crippen molar-refractivity contribution in [2.75, 3.05) is 5.32 Å². The lowest BCUT2D eigenvalue weighted by atomic mass is 10.2. The summed E-state index contributed by atoms with van der Waals surface area (Å²) in [6.07, 6.45) is 4.72. The molecule has 2 aromatic heterocycles. The largest absolute Gasteiger partial charge is 0.306 e. The summed E-state index contributed by atoms with van der Waals surface area (Å²) in [7, 11) is 0. The summed E-state index contributed by atoms with van der Waals surface area (Å²) in [5.41, 5.74) is -0.0403. The number of nitrogens with zero attached hydrogens (tertiary/aromatic N) is 4. The Balaban J connectivity index is 1.86. The van der Waals surface area contributed by atoms with Crippen molar-refractivity contribution in [1.29, 1.82) is 0 Å². The van der Waals surface area contributed by atoms with E-state index in [1.165, 1.54) is 24.5 Å². The molecule has 0 saturated carbocycles. The van der Waals surface area contributed by atoms with Crippen molar-refractivity contribution < 1.29 is 9.18 Å². The van der Waals surface area contributed by atoms with Gasteiger partial charge in [-0.25, -0.2) is 19.3 Å². The van der Waals surface area contributed by atoms with Crippen LogP contribution in [0.3, 0.4) is 0 Å². The smallest absolute Gasteiger partial charge is 0.259 e. The highest BCUT2D eigenvalue weighted by molar-refractivity contribution is 6.03. The molecular weight excluding hydrogens is 285 g/mol. The van der Waals surface area contributed by atoms with Crippen molar-refractivity contribution >= 4 is 11.7 Å². The van der Waals surface area contributed by atoms with Crippen LogP contribution >= 0.6 is 0 Å². The van der Waals surface area contributed by atoms with Gasteiger partial charge in [-0.2, -0.15) is 0 Å². The Morgan fingerprint density at radius 2 is 2.05 bits per heavy atom. The Bertz CT molecular complexity index is 830. The van der Waals surface area contributed by atoms with E-state index in [4.69, 9.17) is 0 Å². The summed E-state index contributed by atoms with van der Waals surface area (Å²) >= 11 is 0. The van der Waals surface area contributed by atoms with E-state index in [1.807, 2.05) is 6.92 Å². The van der Waals surface area contributed by atoms with Gasteiger partial charge in [0.15, 0.2) is 0 Å². The Morgan fingerprint density at radius 3 is 2.77 bits per heavy atom. The molecule has 3 aromatic rings. The van der Waals surface area contributed by atoms with Crippen LogP contribution in [0.25, 0.3) is 5.82 Å². The fourth-order valence-corrected chi connectivity index (χ4v) is 2.00. The number of carbonyl (C=O) groups is 1. The summed E-state index contributed by atoms with van der Waals surface area (Å²) in [6, 6.07) is 7.35. The molecule has 0 radical (unpaired) electrons. The molecule has 3 rings (SSSR count). The van der Waals surface area contributed by atoms with Crippen molar-refractivity contribution in [1.82, 2.24) is 19.5 Å². The molecule has 0 aliphatic carbocycles. The zero-order valence-electron chi connectivity index (χ0n) is 11.7. The Hall–Kier alpha value is -3.09. The van der Waals surface area contributed by atoms with Gasteiger partial charge in [0.1, 0.15) is 29.6 Å². The molecule has 6 nitrogen and oxygen atoms in total. The van der Waals surface area contributed by atoms with Crippen LogP contribution in [0, 0.1) is 12.7 Å². The molecule has 7 heteroatoms. The fourth-order valence-electron chi connectivity index (χ4n) is 2.00. The van der Waals surface area contributed by atoms with Gasteiger partial charge in [0.25, 0.3) is 5.91 Å². The topological polar surface area (TPSA) is 72.7 Å². The number of nitrogens with one attached hydrogen (secondary N) is 1. The van der Waals surface area contributed by atoms with E-state index in [0.29, 0.717) is 5.82 Å². The van der Waals surface area contributed by atoms with Crippen LogP contribution in [-0.2, 0) is 0 Å². The second-order valence-electron chi connectivity index (χ2n) is 4.54. The van der Waals surface area contributed by atoms with E-state index in [2.05, 4.69) is 20.3 Å². The molecule has 2 heterocycles. The predicted octanol–water partition coefficient (Wildman–Crippen LogP) is 2.36. The first-order chi connectivity index (χ1) is 10.6. The van der Waals surface area contributed by atoms with Crippen molar-refractivity contribution in [2.24, 2.45) is 0 Å². The Labute approximate surface area is 125 Å². The van der Waals surface area contributed by atoms with Gasteiger partial charge in [-0.05, 0) is 19.1 Å². The third kappa shape index (κ3) is 2.69. The van der Waals surface area contributed by atoms with Crippen LogP contribution in [-0.4, -0.2) is 25.4 Å². The number of aromatic nitrogens is 4. The zero-order chi connectivity index (χ0) is 15.5. The number of carbonyl (C=O) groups excluding carboxylic acids is 1. The van der Waals surface area contributed by atoms with Gasteiger partial charge in [-0.3, -0.25) is 9.36 Å². The molecule has 0 bridgehead atoms. The minimum Gasteiger partial charge on any atom is -0.306 e. The number of imidazole rings is 1. The predicted molar refractivity (Wildman–Crippen MR) is 78.2 cm³/mol. The number of rotatable bonds is 3. The molecule has 22 heavy (non-hydrogen) atoms. The van der Waals surface area contributed by atoms with Gasteiger partial charge >= 0.3 is 0 Å². The van der Waals surface area contributed by atoms with E-state index < -0.39 is 11.7 Å². The molecule has 0 spiro atoms. The van der Waals surface area contributed by atoms with Crippen molar-refractivity contribution in [2.45, 2.75) is 6.92 Å². The standard InChI is InChI=1S/C15H12FN5O/c1-10-17-6-7-21(10)14-8-13(18-9-19-14)20-15(22)11-4-2-3-5-12(11)16/h2-9H,1H3,(H,18,19,20,22). The van der Waals surface area contributed by atoms with Crippen LogP contribution in [0.2, 0.25) is 0 Å². The highest BCUT2D eigenvalue weighted by atomic mass is 19.1. The first-order valence-corrected chi connectivity index (χ1v) is 6.53. The lowest BCUT2D eigenvalue weighted by Crippen LogP contribution is -2.15. The molecule has 110 valence electrons. The van der Waals surface area contributed by atoms with E-state index in [0.717, 1.165) is 5.82 Å². The van der Waals surface area contributed by atoms with Crippen LogP contribution in [0.15, 0.2) is 49.1 Å². The van der Waals surface area contributed by atoms with E-state index in [-0.39, 0.29) is 11.4 Å². The second kappa shape index (κ2) is 5.72. The zero-order valence-corrected chi connectivity index (χ0v) is 11.7. The molecule has 0 fully saturated rings. The lowest BCUT2D eigenvalue weighted by molar-refractivity contribution is 0.102. The Morgan fingerprint density at radius 1 is 1.23 bits per heavy atom. The van der Waals surface area contributed by atoms with Gasteiger partial charge < -0.3 is 5.32 Å². The molecule has 0 atom stereocenters. The monoisotopic (exact) mass is 297 g/mol. The molecule has 0 aliphatic rings. The number of aryl methyl sites for hydroxylation is 1. The average Bonchev–Trinajstić information content (AvgIpc) is 2.94. The molecule has 1 N–H and O–H groups in total. The van der Waals surface area contributed by atoms with Crippen LogP contribution in [0.1, 0.15) is 16.2 Å². The first kappa shape index (κ1) is 13.9. The van der Waals surface area contributed by atoms with Crippen molar-refractivity contribution in [3.63, 3.8) is 0 Å². The van der Waals surface area contributed by atoms with E-state index >= 15 is 0 Å². The average molecular weight is 297 g/mol. The second-order valence-corrected chi connectivity index (χ2v) is 4.54. The van der Waals surface area contributed by atoms with Crippen LogP contribution in [0.4, 0.5) is 10.2 Å². The van der Waals surface area contributed by atoms with Gasteiger partial charge in [-0.15, -0.1) is 0 Å². The van der Waals surface area contributed by atoms with Crippen molar-refractivity contribution in [3.05, 3.63) is 66.3 Å². The first-order valence-electron chi connectivity index (χ1n) is 6.53. The summed E-state index contributed by atoms with van der Waals surface area (Å²) in [4.78, 5) is 24.3. The van der Waals surface area contributed by atoms with E-state index in [1.54, 1.807) is 29.1 Å². The van der Waals surface area contributed by atoms with Gasteiger partial charge in [0.2, 0.25) is 0 Å². The number of anilines is 1. The molecule has 1 aromatic carbocycles. The summed E-state index contributed by atoms with van der Waals surface area (Å²) in [6.45, 7) is 1.83. The Kier molecular flexibility index (Phi) is 3.61. The number of halogens is 1. The molecular formula is C15H12FN5O. The van der Waals surface area contributed by atoms with Gasteiger partial charge in [-0.1, -0.05) is 12.1 Å². The quantitative estimate of drug-likeness (QED) is 0.805. The summed E-state index contributed by atoms with van der Waals surface area (Å²) in [5.74, 6) is 0.454. The SMILES string of the molecule is Cc1nccn1-c1cc(NC(=O)c2ccccc2F)ncn1. The highest BCUT2D eigenvalue weighted by Gasteiger charge is 2.12. The third-order valence-corrected chi connectivity index (χ3v) is 3.09. The minimum atomic E-state index is -0.584. The highest BCUT2D eigenvalue weighted by Crippen LogP contribution is 2.13. The summed E-state index contributed by atoms with van der Waals surface area (Å²) in [5, 5.41) is 2.56. The van der Waals surface area contributed by atoms with Gasteiger partial charge in [0.05, 0.1) is 5.56 Å². The fraction of sp³-hybridized carbons (Fsp3) is 0.0667. The maximum atomic E-state index is 13.6. The molecule has 0 saturated heterocycles. The maximum absolute atomic E-state index is 13.6.